The first kappa shape index (κ1) is 14.8. The third-order valence-electron chi connectivity index (χ3n) is 1.92. The zero-order chi connectivity index (χ0) is 12.1. The first-order valence-corrected chi connectivity index (χ1v) is 4.44. The SMILES string of the molecule is COc1cc(/C=C\C(=O)O)cc(OC)c1O.O. The van der Waals surface area contributed by atoms with Gasteiger partial charge >= 0.3 is 5.97 Å². The predicted molar refractivity (Wildman–Crippen MR) is 61.5 cm³/mol. The first-order valence-electron chi connectivity index (χ1n) is 4.44. The second kappa shape index (κ2) is 6.39. The van der Waals surface area contributed by atoms with Gasteiger partial charge < -0.3 is 25.2 Å². The van der Waals surface area contributed by atoms with Crippen LogP contribution in [0.15, 0.2) is 18.2 Å². The molecule has 1 rings (SSSR count). The van der Waals surface area contributed by atoms with Crippen LogP contribution in [-0.2, 0) is 4.79 Å². The molecular formula is C11H14O6. The second-order valence-electron chi connectivity index (χ2n) is 2.95. The zero-order valence-corrected chi connectivity index (χ0v) is 9.43. The van der Waals surface area contributed by atoms with Gasteiger partial charge in [0.2, 0.25) is 5.75 Å². The average Bonchev–Trinajstić information content (AvgIpc) is 2.27. The molecule has 0 saturated heterocycles. The molecule has 0 spiro atoms. The largest absolute Gasteiger partial charge is 0.502 e. The van der Waals surface area contributed by atoms with Crippen molar-refractivity contribution < 1.29 is 30.0 Å². The molecule has 0 amide bonds. The summed E-state index contributed by atoms with van der Waals surface area (Å²) < 4.78 is 9.85. The molecule has 0 aliphatic rings. The van der Waals surface area contributed by atoms with E-state index in [1.165, 1.54) is 32.4 Å². The Hall–Kier alpha value is -2.21. The number of aliphatic carboxylic acids is 1. The van der Waals surface area contributed by atoms with Crippen LogP contribution in [-0.4, -0.2) is 35.9 Å². The van der Waals surface area contributed by atoms with Crippen molar-refractivity contribution in [2.45, 2.75) is 0 Å². The molecule has 0 bridgehead atoms. The van der Waals surface area contributed by atoms with Crippen molar-refractivity contribution in [2.75, 3.05) is 14.2 Å². The highest BCUT2D eigenvalue weighted by Gasteiger charge is 2.09. The highest BCUT2D eigenvalue weighted by Crippen LogP contribution is 2.37. The van der Waals surface area contributed by atoms with Gasteiger partial charge in [-0.25, -0.2) is 4.79 Å². The molecule has 0 atom stereocenters. The van der Waals surface area contributed by atoms with Crippen molar-refractivity contribution in [1.82, 2.24) is 0 Å². The van der Waals surface area contributed by atoms with E-state index in [4.69, 9.17) is 14.6 Å². The van der Waals surface area contributed by atoms with E-state index in [9.17, 15) is 9.90 Å². The average molecular weight is 242 g/mol. The minimum atomic E-state index is -1.05. The normalized spacial score (nSPS) is 9.76. The van der Waals surface area contributed by atoms with Crippen molar-refractivity contribution in [1.29, 1.82) is 0 Å². The molecule has 6 nitrogen and oxygen atoms in total. The van der Waals surface area contributed by atoms with Gasteiger partial charge in [-0.05, 0) is 23.8 Å². The number of carboxylic acid groups (broad SMARTS) is 1. The molecule has 1 aromatic carbocycles. The lowest BCUT2D eigenvalue weighted by atomic mass is 10.1. The lowest BCUT2D eigenvalue weighted by Gasteiger charge is -2.09. The Morgan fingerprint density at radius 1 is 1.24 bits per heavy atom. The summed E-state index contributed by atoms with van der Waals surface area (Å²) >= 11 is 0. The van der Waals surface area contributed by atoms with E-state index in [-0.39, 0.29) is 22.7 Å². The van der Waals surface area contributed by atoms with Crippen LogP contribution >= 0.6 is 0 Å². The molecule has 0 radical (unpaired) electrons. The molecule has 0 unspecified atom stereocenters. The lowest BCUT2D eigenvalue weighted by Crippen LogP contribution is -1.91. The molecule has 6 heteroatoms. The van der Waals surface area contributed by atoms with Crippen LogP contribution in [0.5, 0.6) is 17.2 Å². The quantitative estimate of drug-likeness (QED) is 0.755. The zero-order valence-electron chi connectivity index (χ0n) is 9.43. The summed E-state index contributed by atoms with van der Waals surface area (Å²) in [5.74, 6) is -0.711. The minimum Gasteiger partial charge on any atom is -0.502 e. The number of ether oxygens (including phenoxy) is 2. The highest BCUT2D eigenvalue weighted by atomic mass is 16.5. The Morgan fingerprint density at radius 3 is 2.06 bits per heavy atom. The number of hydrogen-bond donors (Lipinski definition) is 2. The van der Waals surface area contributed by atoms with E-state index < -0.39 is 5.97 Å². The number of methoxy groups -OCH3 is 2. The Kier molecular flexibility index (Phi) is 5.56. The summed E-state index contributed by atoms with van der Waals surface area (Å²) in [6, 6.07) is 3.02. The van der Waals surface area contributed by atoms with E-state index in [0.29, 0.717) is 5.56 Å². The van der Waals surface area contributed by atoms with Crippen molar-refractivity contribution >= 4 is 12.0 Å². The standard InChI is InChI=1S/C11H12O5.H2O/c1-15-8-5-7(3-4-10(12)13)6-9(16-2)11(8)14;/h3-6,14H,1-2H3,(H,12,13);1H2/b4-3-;. The second-order valence-corrected chi connectivity index (χ2v) is 2.95. The summed E-state index contributed by atoms with van der Waals surface area (Å²) in [5, 5.41) is 18.1. The van der Waals surface area contributed by atoms with Crippen LogP contribution in [0.4, 0.5) is 0 Å². The van der Waals surface area contributed by atoms with Crippen molar-refractivity contribution in [3.05, 3.63) is 23.8 Å². The Labute approximate surface area is 98.0 Å². The fourth-order valence-corrected chi connectivity index (χ4v) is 1.18. The monoisotopic (exact) mass is 242 g/mol. The van der Waals surface area contributed by atoms with Crippen molar-refractivity contribution in [3.63, 3.8) is 0 Å². The molecule has 0 saturated carbocycles. The van der Waals surface area contributed by atoms with Crippen molar-refractivity contribution in [2.24, 2.45) is 0 Å². The van der Waals surface area contributed by atoms with Gasteiger partial charge in [0.15, 0.2) is 11.5 Å². The predicted octanol–water partition coefficient (Wildman–Crippen LogP) is 0.682. The van der Waals surface area contributed by atoms with Gasteiger partial charge in [0, 0.05) is 6.08 Å². The Balaban J connectivity index is 0.00000256. The maximum atomic E-state index is 10.3. The fourth-order valence-electron chi connectivity index (χ4n) is 1.18. The number of carbonyl (C=O) groups is 1. The smallest absolute Gasteiger partial charge is 0.328 e. The number of rotatable bonds is 4. The number of phenols is 1. The molecule has 17 heavy (non-hydrogen) atoms. The maximum Gasteiger partial charge on any atom is 0.328 e. The van der Waals surface area contributed by atoms with Gasteiger partial charge in [-0.3, -0.25) is 0 Å². The molecular weight excluding hydrogens is 228 g/mol. The van der Waals surface area contributed by atoms with Crippen LogP contribution in [0, 0.1) is 0 Å². The third-order valence-corrected chi connectivity index (χ3v) is 1.92. The van der Waals surface area contributed by atoms with Crippen LogP contribution in [0.25, 0.3) is 6.08 Å². The molecule has 4 N–H and O–H groups in total. The summed E-state index contributed by atoms with van der Waals surface area (Å²) in [5.41, 5.74) is 0.564. The highest BCUT2D eigenvalue weighted by molar-refractivity contribution is 5.85. The summed E-state index contributed by atoms with van der Waals surface area (Å²) in [6.07, 6.45) is 2.37. The summed E-state index contributed by atoms with van der Waals surface area (Å²) in [4.78, 5) is 10.3. The van der Waals surface area contributed by atoms with Gasteiger partial charge in [-0.15, -0.1) is 0 Å². The van der Waals surface area contributed by atoms with E-state index in [2.05, 4.69) is 0 Å². The molecule has 0 aliphatic carbocycles. The number of phenolic OH excluding ortho intramolecular Hbond substituents is 1. The van der Waals surface area contributed by atoms with Crippen molar-refractivity contribution in [3.8, 4) is 17.2 Å². The van der Waals surface area contributed by atoms with Gasteiger partial charge in [0.05, 0.1) is 14.2 Å². The van der Waals surface area contributed by atoms with E-state index >= 15 is 0 Å². The van der Waals surface area contributed by atoms with E-state index in [1.54, 1.807) is 0 Å². The van der Waals surface area contributed by atoms with Crippen LogP contribution in [0.2, 0.25) is 0 Å². The Morgan fingerprint density at radius 2 is 1.71 bits per heavy atom. The number of benzene rings is 1. The first-order chi connectivity index (χ1) is 7.58. The molecule has 0 aromatic heterocycles. The van der Waals surface area contributed by atoms with Crippen LogP contribution in [0.1, 0.15) is 5.56 Å². The van der Waals surface area contributed by atoms with E-state index in [1.807, 2.05) is 0 Å². The number of aromatic hydroxyl groups is 1. The minimum absolute atomic E-state index is 0. The van der Waals surface area contributed by atoms with Gasteiger partial charge in [-0.1, -0.05) is 0 Å². The maximum absolute atomic E-state index is 10.3. The molecule has 94 valence electrons. The van der Waals surface area contributed by atoms with Crippen LogP contribution < -0.4 is 9.47 Å². The van der Waals surface area contributed by atoms with E-state index in [0.717, 1.165) is 6.08 Å². The Bertz CT molecular complexity index is 399. The molecule has 0 aliphatic heterocycles. The fraction of sp³-hybridized carbons (Fsp3) is 0.182. The molecule has 0 heterocycles. The lowest BCUT2D eigenvalue weighted by molar-refractivity contribution is -0.131. The van der Waals surface area contributed by atoms with Gasteiger partial charge in [0.1, 0.15) is 0 Å². The van der Waals surface area contributed by atoms with Gasteiger partial charge in [-0.2, -0.15) is 0 Å². The van der Waals surface area contributed by atoms with Gasteiger partial charge in [0.25, 0.3) is 0 Å². The third kappa shape index (κ3) is 3.69. The molecule has 1 aromatic rings. The summed E-state index contributed by atoms with van der Waals surface area (Å²) in [6.45, 7) is 0. The van der Waals surface area contributed by atoms with Crippen LogP contribution in [0.3, 0.4) is 0 Å². The number of carboxylic acids is 1. The number of hydrogen-bond acceptors (Lipinski definition) is 4. The molecule has 0 fully saturated rings. The topological polar surface area (TPSA) is 107 Å². The summed E-state index contributed by atoms with van der Waals surface area (Å²) in [7, 11) is 2.80.